The van der Waals surface area contributed by atoms with Gasteiger partial charge in [-0.15, -0.1) is 0 Å². The van der Waals surface area contributed by atoms with Crippen LogP contribution in [-0.4, -0.2) is 300 Å². The van der Waals surface area contributed by atoms with Gasteiger partial charge in [-0.25, -0.2) is 0 Å². The van der Waals surface area contributed by atoms with Gasteiger partial charge in [0.05, 0.1) is 73.2 Å². The summed E-state index contributed by atoms with van der Waals surface area (Å²) in [4.78, 5) is 23.2. The van der Waals surface area contributed by atoms with E-state index in [0.29, 0.717) is 30.2 Å². The molecule has 9 aliphatic heterocycles. The van der Waals surface area contributed by atoms with Gasteiger partial charge >= 0.3 is 29.6 Å². The molecule has 9 heterocycles. The van der Waals surface area contributed by atoms with E-state index in [2.05, 4.69) is 169 Å². The van der Waals surface area contributed by atoms with E-state index in [0.717, 1.165) is 211 Å². The first-order chi connectivity index (χ1) is 52.7. The molecule has 0 radical (unpaired) electrons. The van der Waals surface area contributed by atoms with Gasteiger partial charge in [-0.3, -0.25) is 29.3 Å². The zero-order valence-corrected chi connectivity index (χ0v) is 70.1. The Morgan fingerprint density at radius 1 is 0.367 bits per heavy atom. The fraction of sp³-hybridized carbons (Fsp3) is 0.635. The minimum atomic E-state index is -0.609. The summed E-state index contributed by atoms with van der Waals surface area (Å²) in [5.41, 5.74) is 5.78. The number of methoxy groups -OCH3 is 4. The number of nitrogens with one attached hydrogen (secondary N) is 2. The number of aliphatic hydroxyl groups is 8. The van der Waals surface area contributed by atoms with Crippen LogP contribution < -0.4 is 45.3 Å². The van der Waals surface area contributed by atoms with E-state index in [4.69, 9.17) is 59.1 Å². The fourth-order valence-electron chi connectivity index (χ4n) is 13.9. The Morgan fingerprint density at radius 3 is 0.835 bits per heavy atom. The van der Waals surface area contributed by atoms with Crippen LogP contribution in [0.15, 0.2) is 152 Å². The van der Waals surface area contributed by atoms with Crippen molar-refractivity contribution in [1.29, 1.82) is 0 Å². The standard InChI is InChI=1S/2C14H21NO2.2C13H17NO.C12H15NO.2C7H15NO2.4CH4O.CH3O.Na/c1-17-12-14(16)7-9-15(10-8-14)11-13-5-3-2-4-6-13;1-17-14(12-16)7-9-15(10-8-14)11-13-5-3-2-4-6-13;2*1-2-4-12(5-3-1)10-14-8-6-13(7-9-14)11-15-13;14-12-6-8-13(9-7-12)10-11-4-2-1-3-5-11;1-10-6-7(9)2-4-8-5-3-7;1-10-7(6-9)2-4-8-5-3-7;5*1-2;/h2*2-6,16H,7-12H2,1H3;2*1-5H,6-11H2;1-5H,6-10H2;2*8-9H,2-6H2,1H3;4*2H,1H3;1H3;/q;;;;;;;;;;;-1;+1. The van der Waals surface area contributed by atoms with Gasteiger partial charge < -0.3 is 85.0 Å². The van der Waals surface area contributed by atoms with E-state index in [1.807, 2.05) is 18.2 Å². The van der Waals surface area contributed by atoms with Crippen molar-refractivity contribution in [1.82, 2.24) is 35.1 Å². The molecule has 612 valence electrons. The van der Waals surface area contributed by atoms with Gasteiger partial charge in [-0.05, 0) is 131 Å². The Hall–Kier alpha value is -4.11. The van der Waals surface area contributed by atoms with Crippen molar-refractivity contribution in [2.75, 3.05) is 195 Å². The molecule has 9 aliphatic rings. The van der Waals surface area contributed by atoms with Gasteiger partial charge in [0.2, 0.25) is 0 Å². The number of likely N-dealkylation sites (tertiary alicyclic amines) is 5. The zero-order valence-electron chi connectivity index (χ0n) is 68.1. The SMILES string of the molecule is CO.CO.CO.CO.COC1(CO)CCN(Cc2ccccc2)CC1.COC1(CO)CCNCC1.COCC1(O)CCN(Cc2ccccc2)CC1.COCC1(O)CCNCC1.C[O-].O=C1CCN(Cc2ccccc2)CC1.[Na+].c1ccc(CN2CCC3(CC2)CO3)cc1.c1ccc(CN2CCC3(CC2)CO3)cc1. The summed E-state index contributed by atoms with van der Waals surface area (Å²) in [6.07, 6.45) is 13.2. The second kappa shape index (κ2) is 58.7. The quantitative estimate of drug-likeness (QED) is 0.0445. The number of carbonyl (C=O) groups is 1. The van der Waals surface area contributed by atoms with Crippen LogP contribution in [0.25, 0.3) is 0 Å². The van der Waals surface area contributed by atoms with E-state index in [-0.39, 0.29) is 54.0 Å². The first-order valence-corrected chi connectivity index (χ1v) is 38.6. The van der Waals surface area contributed by atoms with Gasteiger partial charge in [-0.2, -0.15) is 7.11 Å². The number of hydrogen-bond acceptors (Lipinski definition) is 23. The van der Waals surface area contributed by atoms with Gasteiger partial charge in [0, 0.05) is 168 Å². The molecule has 0 amide bonds. The Kier molecular flexibility index (Phi) is 54.4. The number of ether oxygens (including phenoxy) is 6. The third-order valence-electron chi connectivity index (χ3n) is 21.2. The van der Waals surface area contributed by atoms with Crippen LogP contribution in [0, 0.1) is 0 Å². The summed E-state index contributed by atoms with van der Waals surface area (Å²) in [5.74, 6) is 0.411. The Bertz CT molecular complexity index is 2810. The third-order valence-corrected chi connectivity index (χ3v) is 21.2. The first-order valence-electron chi connectivity index (χ1n) is 38.6. The number of piperidine rings is 7. The molecule has 0 atom stereocenters. The summed E-state index contributed by atoms with van der Waals surface area (Å²) in [6, 6.07) is 52.8. The average molecular weight is 1540 g/mol. The van der Waals surface area contributed by atoms with Crippen LogP contribution in [-0.2, 0) is 65.9 Å². The van der Waals surface area contributed by atoms with Crippen molar-refractivity contribution in [3.05, 3.63) is 179 Å². The molecule has 5 aromatic rings. The molecule has 10 N–H and O–H groups in total. The second-order valence-corrected chi connectivity index (χ2v) is 28.7. The molecular formula is C85H140N7NaO16. The number of ketones is 1. The van der Waals surface area contributed by atoms with Crippen molar-refractivity contribution in [2.24, 2.45) is 0 Å². The molecule has 9 fully saturated rings. The number of benzene rings is 5. The van der Waals surface area contributed by atoms with Crippen LogP contribution in [0.5, 0.6) is 0 Å². The van der Waals surface area contributed by atoms with Gasteiger partial charge in [0.15, 0.2) is 0 Å². The van der Waals surface area contributed by atoms with E-state index in [1.54, 1.807) is 28.4 Å². The maximum atomic E-state index is 11.0. The first kappa shape index (κ1) is 101. The molecule has 2 spiro atoms. The Labute approximate surface area is 676 Å². The molecule has 24 heteroatoms. The van der Waals surface area contributed by atoms with Crippen LogP contribution in [0.4, 0.5) is 0 Å². The number of carbonyl (C=O) groups excluding carboxylic acids is 1. The third kappa shape index (κ3) is 40.2. The Balaban J connectivity index is 0.000000425. The van der Waals surface area contributed by atoms with Gasteiger partial charge in [0.1, 0.15) is 5.78 Å². The van der Waals surface area contributed by atoms with Crippen molar-refractivity contribution in [3.8, 4) is 0 Å². The molecule has 0 unspecified atom stereocenters. The number of nitrogens with zero attached hydrogens (tertiary/aromatic N) is 5. The minimum Gasteiger partial charge on any atom is -0.857 e. The summed E-state index contributed by atoms with van der Waals surface area (Å²) in [6.45, 7) is 22.5. The van der Waals surface area contributed by atoms with Crippen LogP contribution >= 0.6 is 0 Å². The molecule has 0 aliphatic carbocycles. The monoisotopic (exact) mass is 1540 g/mol. The van der Waals surface area contributed by atoms with Crippen molar-refractivity contribution in [3.63, 3.8) is 0 Å². The number of hydrogen-bond donors (Lipinski definition) is 10. The number of rotatable bonds is 18. The van der Waals surface area contributed by atoms with Crippen LogP contribution in [0.2, 0.25) is 0 Å². The normalized spacial score (nSPS) is 20.2. The van der Waals surface area contributed by atoms with Gasteiger partial charge in [-0.1, -0.05) is 152 Å². The largest absolute Gasteiger partial charge is 1.00 e. The predicted molar refractivity (Wildman–Crippen MR) is 427 cm³/mol. The zero-order chi connectivity index (χ0) is 79.3. The fourth-order valence-corrected chi connectivity index (χ4v) is 13.9. The average Bonchev–Trinajstić information content (AvgIpc) is 1.65. The molecule has 5 aromatic carbocycles. The maximum absolute atomic E-state index is 11.0. The summed E-state index contributed by atoms with van der Waals surface area (Å²) in [5, 5.41) is 80.9. The minimum absolute atomic E-state index is 0. The van der Waals surface area contributed by atoms with Crippen LogP contribution in [0.1, 0.15) is 118 Å². The van der Waals surface area contributed by atoms with Crippen LogP contribution in [0.3, 0.4) is 0 Å². The van der Waals surface area contributed by atoms with Crippen molar-refractivity contribution in [2.45, 2.75) is 156 Å². The van der Waals surface area contributed by atoms with E-state index >= 15 is 0 Å². The molecule has 0 bridgehead atoms. The molecule has 0 aromatic heterocycles. The summed E-state index contributed by atoms with van der Waals surface area (Å²) < 4.78 is 31.7. The molecule has 0 saturated carbocycles. The molecule has 9 saturated heterocycles. The van der Waals surface area contributed by atoms with Gasteiger partial charge in [0.25, 0.3) is 0 Å². The number of aliphatic hydroxyl groups excluding tert-OH is 6. The second-order valence-electron chi connectivity index (χ2n) is 28.7. The Morgan fingerprint density at radius 2 is 0.596 bits per heavy atom. The van der Waals surface area contributed by atoms with Crippen molar-refractivity contribution < 1.29 is 109 Å². The smallest absolute Gasteiger partial charge is 0.857 e. The van der Waals surface area contributed by atoms with E-state index < -0.39 is 11.2 Å². The van der Waals surface area contributed by atoms with E-state index in [1.165, 1.54) is 79.7 Å². The number of epoxide rings is 2. The topological polar surface area (TPSA) is 304 Å². The van der Waals surface area contributed by atoms with Crippen molar-refractivity contribution >= 4 is 5.78 Å². The van der Waals surface area contributed by atoms with E-state index in [9.17, 15) is 20.1 Å². The maximum Gasteiger partial charge on any atom is 1.00 e. The molecule has 14 rings (SSSR count). The summed E-state index contributed by atoms with van der Waals surface area (Å²) >= 11 is 0. The number of Topliss-reactive ketones (excluding diaryl/α,β-unsaturated/α-hetero) is 1. The summed E-state index contributed by atoms with van der Waals surface area (Å²) in [7, 11) is 11.4. The molecule has 23 nitrogen and oxygen atoms in total. The molecular weight excluding hydrogens is 1400 g/mol. The molecule has 109 heavy (non-hydrogen) atoms. The predicted octanol–water partition coefficient (Wildman–Crippen LogP) is 3.18.